The number of fused-ring (bicyclic) bond motifs is 1. The summed E-state index contributed by atoms with van der Waals surface area (Å²) in [4.78, 5) is 12.4. The summed E-state index contributed by atoms with van der Waals surface area (Å²) in [7, 11) is 3.14. The van der Waals surface area contributed by atoms with E-state index in [1.165, 1.54) is 6.20 Å². The summed E-state index contributed by atoms with van der Waals surface area (Å²) in [6.45, 7) is 0.357. The van der Waals surface area contributed by atoms with Crippen LogP contribution in [-0.2, 0) is 11.2 Å². The van der Waals surface area contributed by atoms with Crippen molar-refractivity contribution in [2.75, 3.05) is 26.1 Å². The van der Waals surface area contributed by atoms with Gasteiger partial charge >= 0.3 is 0 Å². The molecule has 1 amide bonds. The van der Waals surface area contributed by atoms with Crippen molar-refractivity contribution in [3.8, 4) is 23.3 Å². The summed E-state index contributed by atoms with van der Waals surface area (Å²) in [5.41, 5.74) is 1.60. The highest BCUT2D eigenvalue weighted by molar-refractivity contribution is 6.00. The lowest BCUT2D eigenvalue weighted by Crippen LogP contribution is -2.27. The summed E-state index contributed by atoms with van der Waals surface area (Å²) in [6, 6.07) is 18.0. The van der Waals surface area contributed by atoms with Gasteiger partial charge in [-0.15, -0.1) is 0 Å². The minimum absolute atomic E-state index is 0.0514. The summed E-state index contributed by atoms with van der Waals surface area (Å²) < 4.78 is 10.5. The minimum Gasteiger partial charge on any atom is -0.507 e. The van der Waals surface area contributed by atoms with Crippen molar-refractivity contribution in [2.24, 2.45) is 0 Å². The Morgan fingerprint density at radius 1 is 1.06 bits per heavy atom. The SMILES string of the molecule is COc1ccc(CCNC(=O)/C(C#N)=C\Nc2cccc3c(O)cccc23)cc1OC. The predicted molar refractivity (Wildman–Crippen MR) is 119 cm³/mol. The number of nitrogens with one attached hydrogen (secondary N) is 2. The molecule has 0 aliphatic rings. The zero-order valence-electron chi connectivity index (χ0n) is 17.3. The quantitative estimate of drug-likeness (QED) is 0.381. The first-order valence-corrected chi connectivity index (χ1v) is 9.64. The van der Waals surface area contributed by atoms with Crippen molar-refractivity contribution in [3.05, 3.63) is 71.9 Å². The van der Waals surface area contributed by atoms with E-state index in [9.17, 15) is 15.2 Å². The second-order valence-corrected chi connectivity index (χ2v) is 6.69. The number of anilines is 1. The smallest absolute Gasteiger partial charge is 0.263 e. The maximum atomic E-state index is 12.4. The monoisotopic (exact) mass is 417 g/mol. The van der Waals surface area contributed by atoms with E-state index in [-0.39, 0.29) is 11.3 Å². The third kappa shape index (κ3) is 5.06. The van der Waals surface area contributed by atoms with Crippen LogP contribution in [0.15, 0.2) is 66.4 Å². The fourth-order valence-electron chi connectivity index (χ4n) is 3.17. The van der Waals surface area contributed by atoms with Gasteiger partial charge in [-0.25, -0.2) is 0 Å². The number of phenolic OH excluding ortho intramolecular Hbond substituents is 1. The van der Waals surface area contributed by atoms with E-state index in [2.05, 4.69) is 10.6 Å². The van der Waals surface area contributed by atoms with Crippen LogP contribution in [0.25, 0.3) is 10.8 Å². The topological polar surface area (TPSA) is 104 Å². The van der Waals surface area contributed by atoms with Gasteiger partial charge in [0.25, 0.3) is 5.91 Å². The van der Waals surface area contributed by atoms with Crippen molar-refractivity contribution in [3.63, 3.8) is 0 Å². The summed E-state index contributed by atoms with van der Waals surface area (Å²) in [5.74, 6) is 0.948. The molecular weight excluding hydrogens is 394 g/mol. The average molecular weight is 417 g/mol. The third-order valence-corrected chi connectivity index (χ3v) is 4.78. The minimum atomic E-state index is -0.474. The number of aromatic hydroxyl groups is 1. The van der Waals surface area contributed by atoms with Gasteiger partial charge < -0.3 is 25.2 Å². The number of hydrogen-bond donors (Lipinski definition) is 3. The molecule has 3 aromatic carbocycles. The van der Waals surface area contributed by atoms with E-state index in [0.717, 1.165) is 10.9 Å². The predicted octanol–water partition coefficient (Wildman–Crippen LogP) is 3.74. The average Bonchev–Trinajstić information content (AvgIpc) is 2.79. The van der Waals surface area contributed by atoms with E-state index in [1.54, 1.807) is 38.5 Å². The lowest BCUT2D eigenvalue weighted by Gasteiger charge is -2.10. The fraction of sp³-hybridized carbons (Fsp3) is 0.167. The number of nitriles is 1. The number of carbonyl (C=O) groups excluding carboxylic acids is 1. The molecule has 0 saturated carbocycles. The fourth-order valence-corrected chi connectivity index (χ4v) is 3.17. The van der Waals surface area contributed by atoms with Crippen molar-refractivity contribution < 1.29 is 19.4 Å². The molecule has 0 atom stereocenters. The maximum Gasteiger partial charge on any atom is 0.263 e. The molecule has 0 heterocycles. The first-order chi connectivity index (χ1) is 15.1. The molecule has 0 radical (unpaired) electrons. The van der Waals surface area contributed by atoms with E-state index >= 15 is 0 Å². The summed E-state index contributed by atoms with van der Waals surface area (Å²) >= 11 is 0. The van der Waals surface area contributed by atoms with Crippen LogP contribution < -0.4 is 20.1 Å². The third-order valence-electron chi connectivity index (χ3n) is 4.78. The second-order valence-electron chi connectivity index (χ2n) is 6.69. The highest BCUT2D eigenvalue weighted by Crippen LogP contribution is 2.30. The number of carbonyl (C=O) groups is 1. The van der Waals surface area contributed by atoms with Gasteiger partial charge in [0.05, 0.1) is 14.2 Å². The Morgan fingerprint density at radius 2 is 1.81 bits per heavy atom. The molecule has 0 unspecified atom stereocenters. The van der Waals surface area contributed by atoms with Crippen LogP contribution in [0.4, 0.5) is 5.69 Å². The second kappa shape index (κ2) is 10.0. The number of rotatable bonds is 8. The van der Waals surface area contributed by atoms with Crippen LogP contribution in [0, 0.1) is 11.3 Å². The molecule has 158 valence electrons. The number of hydrogen-bond acceptors (Lipinski definition) is 6. The molecule has 0 aliphatic carbocycles. The van der Waals surface area contributed by atoms with Crippen LogP contribution in [-0.4, -0.2) is 31.8 Å². The Kier molecular flexibility index (Phi) is 6.97. The van der Waals surface area contributed by atoms with E-state index in [4.69, 9.17) is 9.47 Å². The molecule has 3 aromatic rings. The van der Waals surface area contributed by atoms with Gasteiger partial charge in [-0.05, 0) is 36.2 Å². The van der Waals surface area contributed by atoms with Gasteiger partial charge in [-0.1, -0.05) is 30.3 Å². The highest BCUT2D eigenvalue weighted by atomic mass is 16.5. The molecule has 7 heteroatoms. The Morgan fingerprint density at radius 3 is 2.55 bits per heavy atom. The first kappa shape index (κ1) is 21.5. The van der Waals surface area contributed by atoms with Crippen molar-refractivity contribution >= 4 is 22.4 Å². The molecule has 3 N–H and O–H groups in total. The van der Waals surface area contributed by atoms with Crippen LogP contribution in [0.5, 0.6) is 17.2 Å². The van der Waals surface area contributed by atoms with E-state index in [1.807, 2.05) is 36.4 Å². The normalized spacial score (nSPS) is 10.9. The van der Waals surface area contributed by atoms with Crippen LogP contribution in [0.2, 0.25) is 0 Å². The van der Waals surface area contributed by atoms with E-state index in [0.29, 0.717) is 35.5 Å². The largest absolute Gasteiger partial charge is 0.507 e. The zero-order valence-corrected chi connectivity index (χ0v) is 17.3. The van der Waals surface area contributed by atoms with Gasteiger partial charge in [0.2, 0.25) is 0 Å². The molecule has 0 saturated heterocycles. The summed E-state index contributed by atoms with van der Waals surface area (Å²) in [5, 5.41) is 26.6. The Hall–Kier alpha value is -4.18. The van der Waals surface area contributed by atoms with Crippen molar-refractivity contribution in [1.82, 2.24) is 5.32 Å². The number of amides is 1. The molecule has 0 fully saturated rings. The molecule has 7 nitrogen and oxygen atoms in total. The lowest BCUT2D eigenvalue weighted by atomic mass is 10.1. The molecule has 0 spiro atoms. The Balaban J connectivity index is 1.64. The highest BCUT2D eigenvalue weighted by Gasteiger charge is 2.10. The number of ether oxygens (including phenoxy) is 2. The van der Waals surface area contributed by atoms with Gasteiger partial charge in [-0.3, -0.25) is 4.79 Å². The Bertz CT molecular complexity index is 1170. The molecule has 0 aromatic heterocycles. The number of nitrogens with zero attached hydrogens (tertiary/aromatic N) is 1. The van der Waals surface area contributed by atoms with Crippen molar-refractivity contribution in [1.29, 1.82) is 5.26 Å². The maximum absolute atomic E-state index is 12.4. The Labute approximate surface area is 180 Å². The van der Waals surface area contributed by atoms with Crippen LogP contribution in [0.3, 0.4) is 0 Å². The van der Waals surface area contributed by atoms with E-state index < -0.39 is 5.91 Å². The van der Waals surface area contributed by atoms with Gasteiger partial charge in [0.1, 0.15) is 17.4 Å². The molecule has 0 bridgehead atoms. The number of benzene rings is 3. The summed E-state index contributed by atoms with van der Waals surface area (Å²) in [6.07, 6.45) is 1.94. The first-order valence-electron chi connectivity index (χ1n) is 9.64. The van der Waals surface area contributed by atoms with Crippen molar-refractivity contribution in [2.45, 2.75) is 6.42 Å². The molecule has 3 rings (SSSR count). The van der Waals surface area contributed by atoms with Crippen LogP contribution in [0.1, 0.15) is 5.56 Å². The number of methoxy groups -OCH3 is 2. The molecule has 0 aliphatic heterocycles. The van der Waals surface area contributed by atoms with Gasteiger partial charge in [0.15, 0.2) is 11.5 Å². The molecule has 31 heavy (non-hydrogen) atoms. The van der Waals surface area contributed by atoms with Gasteiger partial charge in [-0.2, -0.15) is 5.26 Å². The number of phenols is 1. The van der Waals surface area contributed by atoms with Crippen LogP contribution >= 0.6 is 0 Å². The zero-order chi connectivity index (χ0) is 22.2. The lowest BCUT2D eigenvalue weighted by molar-refractivity contribution is -0.117. The molecular formula is C24H23N3O4. The van der Waals surface area contributed by atoms with Gasteiger partial charge in [0, 0.05) is 29.2 Å². The standard InChI is InChI=1S/C24H23N3O4/c1-30-22-10-9-16(13-23(22)31-2)11-12-26-24(29)17(14-25)15-27-20-7-3-6-19-18(20)5-4-8-21(19)28/h3-10,13,15,27-28H,11-12H2,1-2H3,(H,26,29)/b17-15-.